The van der Waals surface area contributed by atoms with Crippen molar-refractivity contribution in [2.24, 2.45) is 11.1 Å². The van der Waals surface area contributed by atoms with Crippen LogP contribution in [0.15, 0.2) is 22.2 Å². The Bertz CT molecular complexity index is 954. The van der Waals surface area contributed by atoms with Gasteiger partial charge in [0.25, 0.3) is 0 Å². The minimum atomic E-state index is -0.185. The van der Waals surface area contributed by atoms with Gasteiger partial charge in [0, 0.05) is 37.3 Å². The summed E-state index contributed by atoms with van der Waals surface area (Å²) in [7, 11) is 1.77. The zero-order valence-corrected chi connectivity index (χ0v) is 19.4. The van der Waals surface area contributed by atoms with Crippen LogP contribution in [0.3, 0.4) is 0 Å². The third-order valence-electron chi connectivity index (χ3n) is 6.64. The topological polar surface area (TPSA) is 123 Å². The number of piperidine rings is 1. The average Bonchev–Trinajstić information content (AvgIpc) is 3.08. The van der Waals surface area contributed by atoms with Crippen LogP contribution >= 0.6 is 23.4 Å². The van der Waals surface area contributed by atoms with Gasteiger partial charge in [-0.3, -0.25) is 0 Å². The number of aliphatic hydroxyl groups excluding tert-OH is 1. The first kappa shape index (κ1) is 25.0. The van der Waals surface area contributed by atoms with Crippen LogP contribution in [-0.2, 0) is 11.3 Å². The summed E-state index contributed by atoms with van der Waals surface area (Å²) in [6.07, 6.45) is 5.78. The van der Waals surface area contributed by atoms with Gasteiger partial charge in [-0.25, -0.2) is 15.0 Å². The predicted molar refractivity (Wildman–Crippen MR) is 129 cm³/mol. The smallest absolute Gasteiger partial charge is 0.153 e. The molecule has 1 saturated carbocycles. The lowest BCUT2D eigenvalue weighted by atomic mass is 9.74. The molecule has 2 aromatic heterocycles. The van der Waals surface area contributed by atoms with E-state index < -0.39 is 0 Å². The normalized spacial score (nSPS) is 22.2. The second kappa shape index (κ2) is 10.1. The lowest BCUT2D eigenvalue weighted by molar-refractivity contribution is 0.0890. The Morgan fingerprint density at radius 2 is 2.06 bits per heavy atom. The molecule has 10 heteroatoms. The molecule has 2 fully saturated rings. The van der Waals surface area contributed by atoms with Crippen LogP contribution < -0.4 is 16.4 Å². The second-order valence-electron chi connectivity index (χ2n) is 8.41. The maximum Gasteiger partial charge on any atom is 0.153 e. The number of aliphatic hydroxyl groups is 1. The van der Waals surface area contributed by atoms with Gasteiger partial charge in [0.1, 0.15) is 16.5 Å². The Hall–Kier alpha value is -1.65. The molecule has 3 heterocycles. The average molecular weight is 481 g/mol. The van der Waals surface area contributed by atoms with E-state index in [4.69, 9.17) is 37.8 Å². The zero-order valence-electron chi connectivity index (χ0n) is 17.8. The molecule has 1 saturated heterocycles. The van der Waals surface area contributed by atoms with Crippen molar-refractivity contribution in [1.29, 1.82) is 0 Å². The Balaban J connectivity index is 0.00000289. The third-order valence-corrected chi connectivity index (χ3v) is 8.29. The molecule has 1 spiro atoms. The molecule has 0 radical (unpaired) electrons. The molecule has 176 valence electrons. The summed E-state index contributed by atoms with van der Waals surface area (Å²) in [5, 5.41) is 11.1. The molecule has 0 unspecified atom stereocenters. The molecule has 2 aromatic rings. The molecule has 0 bridgehead atoms. The summed E-state index contributed by atoms with van der Waals surface area (Å²) in [6, 6.07) is 1.96. The maximum absolute atomic E-state index is 10.0. The van der Waals surface area contributed by atoms with Gasteiger partial charge in [-0.2, -0.15) is 0 Å². The molecular weight excluding hydrogens is 448 g/mol. The van der Waals surface area contributed by atoms with Gasteiger partial charge in [-0.05, 0) is 44.1 Å². The number of hydrogen-bond acceptors (Lipinski definition) is 9. The van der Waals surface area contributed by atoms with E-state index >= 15 is 0 Å². The largest absolute Gasteiger partial charge is 0.390 e. The van der Waals surface area contributed by atoms with Crippen molar-refractivity contribution < 1.29 is 9.84 Å². The SMILES string of the molecule is C.CO[C@H]1C[C@@H](N)C2(CCN(c3nc(C)c(Sc4ccnc(N)c4Cl)nc3CO)CC2)C1. The second-order valence-corrected chi connectivity index (χ2v) is 9.82. The molecule has 0 aromatic carbocycles. The number of halogens is 1. The monoisotopic (exact) mass is 480 g/mol. The van der Waals surface area contributed by atoms with Gasteiger partial charge in [0.2, 0.25) is 0 Å². The summed E-state index contributed by atoms with van der Waals surface area (Å²) in [6.45, 7) is 3.41. The first-order valence-corrected chi connectivity index (χ1v) is 11.7. The molecule has 5 N–H and O–H groups in total. The highest BCUT2D eigenvalue weighted by Crippen LogP contribution is 2.47. The summed E-state index contributed by atoms with van der Waals surface area (Å²) in [5.41, 5.74) is 13.8. The van der Waals surface area contributed by atoms with Gasteiger partial charge >= 0.3 is 0 Å². The van der Waals surface area contributed by atoms with E-state index in [1.54, 1.807) is 19.4 Å². The number of nitrogen functional groups attached to an aromatic ring is 1. The fourth-order valence-corrected chi connectivity index (χ4v) is 5.85. The summed E-state index contributed by atoms with van der Waals surface area (Å²) < 4.78 is 5.58. The van der Waals surface area contributed by atoms with Gasteiger partial charge in [0.05, 0.1) is 23.4 Å². The van der Waals surface area contributed by atoms with Crippen LogP contribution in [0, 0.1) is 12.3 Å². The molecule has 2 aliphatic rings. The molecule has 2 atom stereocenters. The van der Waals surface area contributed by atoms with Gasteiger partial charge < -0.3 is 26.2 Å². The van der Waals surface area contributed by atoms with E-state index in [-0.39, 0.29) is 37.4 Å². The van der Waals surface area contributed by atoms with E-state index in [0.717, 1.165) is 55.2 Å². The third kappa shape index (κ3) is 4.68. The standard InChI is InChI=1S/C21H29ClN6O2S.CH4/c1-12-20(31-15-3-6-25-18(24)17(15)22)27-14(11-29)19(26-12)28-7-4-21(5-8-28)10-13(30-2)9-16(21)23;/h3,6,13,16,29H,4-5,7-11,23H2,1-2H3,(H2,24,25);1H4/t13-,16+;/m0./s1. The number of nitrogens with two attached hydrogens (primary N) is 2. The molecule has 1 aliphatic heterocycles. The number of pyridine rings is 1. The number of methoxy groups -OCH3 is 1. The van der Waals surface area contributed by atoms with Crippen molar-refractivity contribution in [1.82, 2.24) is 15.0 Å². The highest BCUT2D eigenvalue weighted by Gasteiger charge is 2.47. The van der Waals surface area contributed by atoms with Crippen LogP contribution in [0.1, 0.15) is 44.5 Å². The summed E-state index contributed by atoms with van der Waals surface area (Å²) in [4.78, 5) is 16.5. The van der Waals surface area contributed by atoms with Gasteiger partial charge in [-0.1, -0.05) is 30.8 Å². The Morgan fingerprint density at radius 1 is 1.34 bits per heavy atom. The van der Waals surface area contributed by atoms with Crippen molar-refractivity contribution >= 4 is 35.0 Å². The number of aryl methyl sites for hydroxylation is 1. The number of aromatic nitrogens is 3. The fraction of sp³-hybridized carbons (Fsp3) is 0.591. The van der Waals surface area contributed by atoms with E-state index in [2.05, 4.69) is 9.88 Å². The Morgan fingerprint density at radius 3 is 2.69 bits per heavy atom. The number of rotatable bonds is 5. The highest BCUT2D eigenvalue weighted by atomic mass is 35.5. The van der Waals surface area contributed by atoms with Gasteiger partial charge in [-0.15, -0.1) is 0 Å². The molecule has 32 heavy (non-hydrogen) atoms. The minimum Gasteiger partial charge on any atom is -0.390 e. The van der Waals surface area contributed by atoms with Crippen LogP contribution in [0.2, 0.25) is 5.02 Å². The maximum atomic E-state index is 10.0. The van der Waals surface area contributed by atoms with Crippen LogP contribution in [0.4, 0.5) is 11.6 Å². The highest BCUT2D eigenvalue weighted by molar-refractivity contribution is 7.99. The Kier molecular flexibility index (Phi) is 7.88. The van der Waals surface area contributed by atoms with Crippen LogP contribution in [0.25, 0.3) is 0 Å². The number of anilines is 2. The first-order chi connectivity index (χ1) is 14.9. The number of hydrogen-bond donors (Lipinski definition) is 3. The quantitative estimate of drug-likeness (QED) is 0.590. The molecule has 0 amide bonds. The molecule has 8 nitrogen and oxygen atoms in total. The lowest BCUT2D eigenvalue weighted by Crippen LogP contribution is -2.47. The first-order valence-electron chi connectivity index (χ1n) is 10.5. The van der Waals surface area contributed by atoms with Crippen molar-refractivity contribution in [3.8, 4) is 0 Å². The predicted octanol–water partition coefficient (Wildman–Crippen LogP) is 3.42. The van der Waals surface area contributed by atoms with Gasteiger partial charge in [0.15, 0.2) is 5.82 Å². The lowest BCUT2D eigenvalue weighted by Gasteiger charge is -2.42. The van der Waals surface area contributed by atoms with E-state index in [1.807, 2.05) is 6.92 Å². The van der Waals surface area contributed by atoms with Crippen LogP contribution in [0.5, 0.6) is 0 Å². The fourth-order valence-electron chi connectivity index (χ4n) is 4.74. The molecular formula is C22H33ClN6O2S. The van der Waals surface area contributed by atoms with Crippen molar-refractivity contribution in [3.05, 3.63) is 28.7 Å². The number of nitrogens with zero attached hydrogens (tertiary/aromatic N) is 4. The van der Waals surface area contributed by atoms with E-state index in [0.29, 0.717) is 15.7 Å². The van der Waals surface area contributed by atoms with E-state index in [9.17, 15) is 5.11 Å². The van der Waals surface area contributed by atoms with Crippen molar-refractivity contribution in [3.63, 3.8) is 0 Å². The number of ether oxygens (including phenoxy) is 1. The van der Waals surface area contributed by atoms with Crippen LogP contribution in [-0.4, -0.2) is 52.4 Å². The molecule has 1 aliphatic carbocycles. The summed E-state index contributed by atoms with van der Waals surface area (Å²) >= 11 is 7.65. The zero-order chi connectivity index (χ0) is 22.2. The van der Waals surface area contributed by atoms with Crippen molar-refractivity contribution in [2.45, 2.75) is 68.7 Å². The van der Waals surface area contributed by atoms with Crippen molar-refractivity contribution in [2.75, 3.05) is 30.8 Å². The molecule has 4 rings (SSSR count). The van der Waals surface area contributed by atoms with E-state index in [1.165, 1.54) is 11.8 Å². The summed E-state index contributed by atoms with van der Waals surface area (Å²) in [5.74, 6) is 1.02. The minimum absolute atomic E-state index is 0. The Labute approximate surface area is 199 Å².